The summed E-state index contributed by atoms with van der Waals surface area (Å²) in [5.41, 5.74) is 1.34. The molecule has 2 aromatic rings. The fourth-order valence-corrected chi connectivity index (χ4v) is 3.05. The summed E-state index contributed by atoms with van der Waals surface area (Å²) < 4.78 is 5.51. The standard InChI is InChI=1S/C13H17NOS/c1-4-14-12(11-6-5-7-15-11)13-9(2)8-10(3)16-13/h5-8,12,14H,4H2,1-3H3. The van der Waals surface area contributed by atoms with Crippen LogP contribution >= 0.6 is 11.3 Å². The third-order valence-corrected chi connectivity index (χ3v) is 3.79. The molecule has 0 bridgehead atoms. The molecule has 2 rings (SSSR count). The maximum Gasteiger partial charge on any atom is 0.126 e. The van der Waals surface area contributed by atoms with Gasteiger partial charge in [-0.2, -0.15) is 0 Å². The molecule has 0 spiro atoms. The summed E-state index contributed by atoms with van der Waals surface area (Å²) in [7, 11) is 0. The Bertz CT molecular complexity index is 444. The Kier molecular flexibility index (Phi) is 3.46. The van der Waals surface area contributed by atoms with Crippen molar-refractivity contribution in [3.05, 3.63) is 45.5 Å². The van der Waals surface area contributed by atoms with Crippen LogP contribution in [0.25, 0.3) is 0 Å². The minimum atomic E-state index is 0.193. The van der Waals surface area contributed by atoms with E-state index in [1.165, 1.54) is 15.3 Å². The van der Waals surface area contributed by atoms with Crippen molar-refractivity contribution in [2.45, 2.75) is 26.8 Å². The van der Waals surface area contributed by atoms with Crippen LogP contribution in [-0.2, 0) is 0 Å². The molecule has 0 saturated carbocycles. The second-order valence-corrected chi connectivity index (χ2v) is 5.20. The molecule has 1 N–H and O–H groups in total. The van der Waals surface area contributed by atoms with E-state index in [0.717, 1.165) is 12.3 Å². The van der Waals surface area contributed by atoms with Gasteiger partial charge in [0.05, 0.1) is 6.26 Å². The van der Waals surface area contributed by atoms with Gasteiger partial charge in [-0.15, -0.1) is 11.3 Å². The predicted octanol–water partition coefficient (Wildman–Crippen LogP) is 3.66. The topological polar surface area (TPSA) is 25.2 Å². The summed E-state index contributed by atoms with van der Waals surface area (Å²) in [6.45, 7) is 7.35. The summed E-state index contributed by atoms with van der Waals surface area (Å²) in [6, 6.07) is 6.39. The smallest absolute Gasteiger partial charge is 0.126 e. The van der Waals surface area contributed by atoms with Gasteiger partial charge in [-0.05, 0) is 44.2 Å². The first-order valence-electron chi connectivity index (χ1n) is 5.56. The largest absolute Gasteiger partial charge is 0.467 e. The molecule has 86 valence electrons. The van der Waals surface area contributed by atoms with Gasteiger partial charge < -0.3 is 9.73 Å². The first kappa shape index (κ1) is 11.4. The van der Waals surface area contributed by atoms with Crippen LogP contribution in [-0.4, -0.2) is 6.54 Å². The van der Waals surface area contributed by atoms with Gasteiger partial charge in [0, 0.05) is 9.75 Å². The molecule has 0 aliphatic rings. The Morgan fingerprint density at radius 2 is 2.25 bits per heavy atom. The highest BCUT2D eigenvalue weighted by atomic mass is 32.1. The molecule has 0 saturated heterocycles. The van der Waals surface area contributed by atoms with Crippen LogP contribution in [0.4, 0.5) is 0 Å². The lowest BCUT2D eigenvalue weighted by Crippen LogP contribution is -2.21. The molecule has 2 aromatic heterocycles. The Balaban J connectivity index is 2.36. The third-order valence-electron chi connectivity index (χ3n) is 2.58. The van der Waals surface area contributed by atoms with Crippen molar-refractivity contribution in [3.63, 3.8) is 0 Å². The van der Waals surface area contributed by atoms with Crippen molar-refractivity contribution in [1.82, 2.24) is 5.32 Å². The van der Waals surface area contributed by atoms with E-state index in [1.807, 2.05) is 23.5 Å². The normalized spacial score (nSPS) is 12.9. The van der Waals surface area contributed by atoms with Crippen molar-refractivity contribution in [2.24, 2.45) is 0 Å². The minimum absolute atomic E-state index is 0.193. The molecule has 0 aliphatic carbocycles. The van der Waals surface area contributed by atoms with Crippen LogP contribution in [0.1, 0.15) is 34.0 Å². The molecule has 2 heterocycles. The second kappa shape index (κ2) is 4.85. The molecule has 0 fully saturated rings. The van der Waals surface area contributed by atoms with Crippen molar-refractivity contribution >= 4 is 11.3 Å². The predicted molar refractivity (Wildman–Crippen MR) is 68.0 cm³/mol. The molecule has 16 heavy (non-hydrogen) atoms. The number of nitrogens with one attached hydrogen (secondary N) is 1. The van der Waals surface area contributed by atoms with Crippen molar-refractivity contribution in [1.29, 1.82) is 0 Å². The summed E-state index contributed by atoms with van der Waals surface area (Å²) in [6.07, 6.45) is 1.73. The van der Waals surface area contributed by atoms with Crippen LogP contribution < -0.4 is 5.32 Å². The number of hydrogen-bond donors (Lipinski definition) is 1. The molecular weight excluding hydrogens is 218 g/mol. The number of rotatable bonds is 4. The number of furan rings is 1. The zero-order chi connectivity index (χ0) is 11.5. The number of aryl methyl sites for hydroxylation is 2. The highest BCUT2D eigenvalue weighted by molar-refractivity contribution is 7.12. The van der Waals surface area contributed by atoms with E-state index in [2.05, 4.69) is 32.2 Å². The van der Waals surface area contributed by atoms with E-state index in [9.17, 15) is 0 Å². The van der Waals surface area contributed by atoms with Gasteiger partial charge in [0.2, 0.25) is 0 Å². The van der Waals surface area contributed by atoms with Crippen molar-refractivity contribution in [3.8, 4) is 0 Å². The molecule has 0 aromatic carbocycles. The van der Waals surface area contributed by atoms with Gasteiger partial charge in [0.1, 0.15) is 11.8 Å². The quantitative estimate of drug-likeness (QED) is 0.875. The molecule has 0 radical (unpaired) electrons. The zero-order valence-electron chi connectivity index (χ0n) is 9.91. The summed E-state index contributed by atoms with van der Waals surface area (Å²) in [5.74, 6) is 0.992. The average Bonchev–Trinajstić information content (AvgIpc) is 2.85. The highest BCUT2D eigenvalue weighted by Gasteiger charge is 2.19. The lowest BCUT2D eigenvalue weighted by Gasteiger charge is -2.14. The highest BCUT2D eigenvalue weighted by Crippen LogP contribution is 2.31. The fourth-order valence-electron chi connectivity index (χ4n) is 1.93. The second-order valence-electron chi connectivity index (χ2n) is 3.91. The lowest BCUT2D eigenvalue weighted by molar-refractivity contribution is 0.454. The van der Waals surface area contributed by atoms with Gasteiger partial charge in [-0.1, -0.05) is 6.92 Å². The van der Waals surface area contributed by atoms with E-state index in [1.54, 1.807) is 6.26 Å². The zero-order valence-corrected chi connectivity index (χ0v) is 10.7. The Labute approximate surface area is 100 Å². The van der Waals surface area contributed by atoms with E-state index >= 15 is 0 Å². The van der Waals surface area contributed by atoms with E-state index in [-0.39, 0.29) is 6.04 Å². The van der Waals surface area contributed by atoms with Gasteiger partial charge >= 0.3 is 0 Å². The van der Waals surface area contributed by atoms with E-state index in [0.29, 0.717) is 0 Å². The summed E-state index contributed by atoms with van der Waals surface area (Å²) in [4.78, 5) is 2.70. The number of thiophene rings is 1. The molecule has 1 unspecified atom stereocenters. The first-order valence-corrected chi connectivity index (χ1v) is 6.37. The lowest BCUT2D eigenvalue weighted by atomic mass is 10.1. The van der Waals surface area contributed by atoms with Crippen LogP contribution in [0, 0.1) is 13.8 Å². The van der Waals surface area contributed by atoms with E-state index in [4.69, 9.17) is 4.42 Å². The molecule has 3 heteroatoms. The molecule has 1 atom stereocenters. The van der Waals surface area contributed by atoms with Gasteiger partial charge in [-0.25, -0.2) is 0 Å². The van der Waals surface area contributed by atoms with Crippen molar-refractivity contribution < 1.29 is 4.42 Å². The van der Waals surface area contributed by atoms with Gasteiger partial charge in [0.15, 0.2) is 0 Å². The Hall–Kier alpha value is -1.06. The SMILES string of the molecule is CCNC(c1ccco1)c1sc(C)cc1C. The van der Waals surface area contributed by atoms with Crippen LogP contribution in [0.2, 0.25) is 0 Å². The monoisotopic (exact) mass is 235 g/mol. The fraction of sp³-hybridized carbons (Fsp3) is 0.385. The third kappa shape index (κ3) is 2.20. The number of hydrogen-bond acceptors (Lipinski definition) is 3. The van der Waals surface area contributed by atoms with Crippen molar-refractivity contribution in [2.75, 3.05) is 6.54 Å². The molecule has 0 amide bonds. The summed E-state index contributed by atoms with van der Waals surface area (Å²) in [5, 5.41) is 3.47. The minimum Gasteiger partial charge on any atom is -0.467 e. The van der Waals surface area contributed by atoms with Crippen LogP contribution in [0.5, 0.6) is 0 Å². The summed E-state index contributed by atoms with van der Waals surface area (Å²) >= 11 is 1.84. The molecule has 2 nitrogen and oxygen atoms in total. The molecular formula is C13H17NOS. The maximum absolute atomic E-state index is 5.51. The van der Waals surface area contributed by atoms with Gasteiger partial charge in [0.25, 0.3) is 0 Å². The molecule has 0 aliphatic heterocycles. The van der Waals surface area contributed by atoms with Crippen LogP contribution in [0.3, 0.4) is 0 Å². The van der Waals surface area contributed by atoms with Crippen LogP contribution in [0.15, 0.2) is 28.9 Å². The Morgan fingerprint density at radius 3 is 2.75 bits per heavy atom. The van der Waals surface area contributed by atoms with Gasteiger partial charge in [-0.3, -0.25) is 0 Å². The Morgan fingerprint density at radius 1 is 1.44 bits per heavy atom. The maximum atomic E-state index is 5.51. The first-order chi connectivity index (χ1) is 7.72. The van der Waals surface area contributed by atoms with E-state index < -0.39 is 0 Å². The average molecular weight is 235 g/mol.